The molecule has 0 rings (SSSR count). The summed E-state index contributed by atoms with van der Waals surface area (Å²) in [6, 6.07) is 0. The average Bonchev–Trinajstić information content (AvgIpc) is 3.17. The molecule has 0 aliphatic heterocycles. The zero-order chi connectivity index (χ0) is 39.4. The van der Waals surface area contributed by atoms with Crippen LogP contribution in [0.25, 0.3) is 0 Å². The Bertz CT molecular complexity index is 922. The van der Waals surface area contributed by atoms with E-state index in [0.717, 1.165) is 77.0 Å². The maximum Gasteiger partial charge on any atom is 0.306 e. The highest BCUT2D eigenvalue weighted by atomic mass is 16.6. The maximum absolute atomic E-state index is 12.5. The first-order valence-electron chi connectivity index (χ1n) is 23.0. The second kappa shape index (κ2) is 43.4. The van der Waals surface area contributed by atoms with Crippen molar-refractivity contribution in [2.45, 2.75) is 239 Å². The van der Waals surface area contributed by atoms with Crippen LogP contribution >= 0.6 is 0 Å². The van der Waals surface area contributed by atoms with Gasteiger partial charge in [-0.05, 0) is 57.8 Å². The number of hydrogen-bond acceptors (Lipinski definition) is 6. The van der Waals surface area contributed by atoms with Gasteiger partial charge >= 0.3 is 17.9 Å². The summed E-state index contributed by atoms with van der Waals surface area (Å²) < 4.78 is 16.5. The van der Waals surface area contributed by atoms with E-state index in [4.69, 9.17) is 14.2 Å². The Hall–Kier alpha value is -2.37. The summed E-state index contributed by atoms with van der Waals surface area (Å²) in [5.74, 6) is -0.897. The molecule has 1 unspecified atom stereocenters. The van der Waals surface area contributed by atoms with E-state index >= 15 is 0 Å². The zero-order valence-corrected chi connectivity index (χ0v) is 35.7. The highest BCUT2D eigenvalue weighted by Gasteiger charge is 2.19. The van der Waals surface area contributed by atoms with E-state index in [1.165, 1.54) is 116 Å². The molecule has 0 spiro atoms. The molecule has 54 heavy (non-hydrogen) atoms. The Morgan fingerprint density at radius 1 is 0.370 bits per heavy atom. The Morgan fingerprint density at radius 3 is 1.04 bits per heavy atom. The molecule has 0 N–H and O–H groups in total. The van der Waals surface area contributed by atoms with Gasteiger partial charge in [0.25, 0.3) is 0 Å². The first-order chi connectivity index (χ1) is 26.5. The van der Waals surface area contributed by atoms with E-state index in [2.05, 4.69) is 57.2 Å². The number of esters is 3. The molecule has 0 radical (unpaired) electrons. The number of allylic oxidation sites excluding steroid dienone is 6. The molecule has 0 saturated heterocycles. The van der Waals surface area contributed by atoms with Crippen LogP contribution in [0.3, 0.4) is 0 Å². The molecule has 0 aromatic heterocycles. The lowest BCUT2D eigenvalue weighted by atomic mass is 10.1. The van der Waals surface area contributed by atoms with Crippen LogP contribution in [0.15, 0.2) is 36.5 Å². The van der Waals surface area contributed by atoms with Crippen molar-refractivity contribution in [2.24, 2.45) is 0 Å². The average molecular weight is 759 g/mol. The molecule has 6 heteroatoms. The Morgan fingerprint density at radius 2 is 0.667 bits per heavy atom. The van der Waals surface area contributed by atoms with Crippen molar-refractivity contribution < 1.29 is 28.6 Å². The predicted molar refractivity (Wildman–Crippen MR) is 229 cm³/mol. The van der Waals surface area contributed by atoms with E-state index in [1.54, 1.807) is 0 Å². The molecule has 0 saturated carbocycles. The minimum atomic E-state index is -0.765. The van der Waals surface area contributed by atoms with Crippen molar-refractivity contribution in [3.05, 3.63) is 36.5 Å². The van der Waals surface area contributed by atoms with Crippen LogP contribution in [-0.4, -0.2) is 37.2 Å². The van der Waals surface area contributed by atoms with E-state index in [9.17, 15) is 14.4 Å². The molecule has 6 nitrogen and oxygen atoms in total. The largest absolute Gasteiger partial charge is 0.462 e. The highest BCUT2D eigenvalue weighted by molar-refractivity contribution is 5.71. The second-order valence-corrected chi connectivity index (χ2v) is 15.3. The summed E-state index contributed by atoms with van der Waals surface area (Å²) in [4.78, 5) is 37.3. The van der Waals surface area contributed by atoms with E-state index in [1.807, 2.05) is 0 Å². The molecule has 0 aliphatic carbocycles. The lowest BCUT2D eigenvalue weighted by Crippen LogP contribution is -2.30. The first-order valence-corrected chi connectivity index (χ1v) is 23.0. The standard InChI is InChI=1S/C48H86O6/c1-4-7-10-13-16-17-18-19-20-21-22-23-24-25-26-27-28-29-30-31-33-35-38-41-47(50)53-44-45(43-52-46(49)40-37-34-15-12-9-6-3)54-48(51)42-39-36-32-14-11-8-5-2/h18-19,21-22,24-25,45H,4-17,20,23,26-44H2,1-3H3/b19-18-,22-21-,25-24-. The fourth-order valence-corrected chi connectivity index (χ4v) is 6.39. The van der Waals surface area contributed by atoms with Crippen molar-refractivity contribution in [3.63, 3.8) is 0 Å². The molecular weight excluding hydrogens is 673 g/mol. The molecule has 0 heterocycles. The van der Waals surface area contributed by atoms with Crippen molar-refractivity contribution in [1.82, 2.24) is 0 Å². The van der Waals surface area contributed by atoms with Gasteiger partial charge in [0, 0.05) is 19.3 Å². The van der Waals surface area contributed by atoms with Gasteiger partial charge in [-0.3, -0.25) is 14.4 Å². The van der Waals surface area contributed by atoms with Gasteiger partial charge in [0.15, 0.2) is 6.10 Å². The monoisotopic (exact) mass is 759 g/mol. The van der Waals surface area contributed by atoms with Crippen LogP contribution in [0, 0.1) is 0 Å². The lowest BCUT2D eigenvalue weighted by molar-refractivity contribution is -0.167. The highest BCUT2D eigenvalue weighted by Crippen LogP contribution is 2.14. The predicted octanol–water partition coefficient (Wildman–Crippen LogP) is 14.6. The minimum Gasteiger partial charge on any atom is -0.462 e. The number of ether oxygens (including phenoxy) is 3. The number of unbranched alkanes of at least 4 members (excludes halogenated alkanes) is 24. The fourth-order valence-electron chi connectivity index (χ4n) is 6.39. The van der Waals surface area contributed by atoms with Gasteiger partial charge in [0.1, 0.15) is 13.2 Å². The van der Waals surface area contributed by atoms with E-state index in [0.29, 0.717) is 19.3 Å². The van der Waals surface area contributed by atoms with Gasteiger partial charge in [0.05, 0.1) is 0 Å². The van der Waals surface area contributed by atoms with Gasteiger partial charge in [-0.15, -0.1) is 0 Å². The SMILES string of the molecule is CCCCCCC/C=C\C/C=C\C/C=C\CCCCCCCCCCC(=O)OCC(COC(=O)CCCCCCCC)OC(=O)CCCCCCCCC. The van der Waals surface area contributed by atoms with Gasteiger partial charge < -0.3 is 14.2 Å². The molecule has 1 atom stereocenters. The number of rotatable bonds is 41. The smallest absolute Gasteiger partial charge is 0.306 e. The third-order valence-electron chi connectivity index (χ3n) is 9.90. The number of carbonyl (C=O) groups excluding carboxylic acids is 3. The lowest BCUT2D eigenvalue weighted by Gasteiger charge is -2.18. The quantitative estimate of drug-likeness (QED) is 0.0267. The molecule has 0 amide bonds. The van der Waals surface area contributed by atoms with Crippen LogP contribution in [0.4, 0.5) is 0 Å². The maximum atomic E-state index is 12.5. The van der Waals surface area contributed by atoms with Crippen LogP contribution in [-0.2, 0) is 28.6 Å². The normalized spacial score (nSPS) is 12.3. The van der Waals surface area contributed by atoms with Crippen molar-refractivity contribution >= 4 is 17.9 Å². The molecule has 0 aromatic rings. The molecule has 0 bridgehead atoms. The van der Waals surface area contributed by atoms with Crippen LogP contribution < -0.4 is 0 Å². The summed E-state index contributed by atoms with van der Waals surface area (Å²) in [6.45, 7) is 6.51. The van der Waals surface area contributed by atoms with E-state index in [-0.39, 0.29) is 31.1 Å². The summed E-state index contributed by atoms with van der Waals surface area (Å²) in [7, 11) is 0. The molecular formula is C48H86O6. The van der Waals surface area contributed by atoms with Crippen molar-refractivity contribution in [3.8, 4) is 0 Å². The topological polar surface area (TPSA) is 78.9 Å². The molecule has 0 aromatic carbocycles. The zero-order valence-electron chi connectivity index (χ0n) is 35.7. The fraction of sp³-hybridized carbons (Fsp3) is 0.812. The Labute approximate surface area is 334 Å². The first kappa shape index (κ1) is 51.6. The summed E-state index contributed by atoms with van der Waals surface area (Å²) in [5.41, 5.74) is 0. The molecule has 314 valence electrons. The number of hydrogen-bond donors (Lipinski definition) is 0. The van der Waals surface area contributed by atoms with Gasteiger partial charge in [-0.1, -0.05) is 192 Å². The van der Waals surface area contributed by atoms with Gasteiger partial charge in [-0.2, -0.15) is 0 Å². The minimum absolute atomic E-state index is 0.0736. The van der Waals surface area contributed by atoms with Crippen LogP contribution in [0.1, 0.15) is 233 Å². The van der Waals surface area contributed by atoms with E-state index < -0.39 is 6.10 Å². The van der Waals surface area contributed by atoms with Crippen LogP contribution in [0.5, 0.6) is 0 Å². The number of carbonyl (C=O) groups is 3. The second-order valence-electron chi connectivity index (χ2n) is 15.3. The Kier molecular flexibility index (Phi) is 41.5. The summed E-state index contributed by atoms with van der Waals surface area (Å²) >= 11 is 0. The Balaban J connectivity index is 4.07. The third-order valence-corrected chi connectivity index (χ3v) is 9.90. The van der Waals surface area contributed by atoms with Gasteiger partial charge in [-0.25, -0.2) is 0 Å². The molecule has 0 aliphatic rings. The van der Waals surface area contributed by atoms with Crippen molar-refractivity contribution in [1.29, 1.82) is 0 Å². The summed E-state index contributed by atoms with van der Waals surface area (Å²) in [5, 5.41) is 0. The van der Waals surface area contributed by atoms with Gasteiger partial charge in [0.2, 0.25) is 0 Å². The third kappa shape index (κ3) is 40.8. The summed E-state index contributed by atoms with van der Waals surface area (Å²) in [6.07, 6.45) is 48.8. The van der Waals surface area contributed by atoms with Crippen LogP contribution in [0.2, 0.25) is 0 Å². The molecule has 0 fully saturated rings. The van der Waals surface area contributed by atoms with Crippen molar-refractivity contribution in [2.75, 3.05) is 13.2 Å².